The molecule has 0 aromatic heterocycles. The molecule has 0 amide bonds. The molecule has 0 fully saturated rings. The largest absolute Gasteiger partial charge is 0.329 e. The molecule has 0 radical (unpaired) electrons. The third-order valence-electron chi connectivity index (χ3n) is 1.18. The summed E-state index contributed by atoms with van der Waals surface area (Å²) in [5.41, 5.74) is 9.93. The van der Waals surface area contributed by atoms with E-state index in [0.717, 1.165) is 0 Å². The van der Waals surface area contributed by atoms with Crippen LogP contribution in [-0.2, 0) is 0 Å². The van der Waals surface area contributed by atoms with Gasteiger partial charge in [-0.2, -0.15) is 0 Å². The molecule has 0 unspecified atom stereocenters. The fraction of sp³-hybridized carbons (Fsp3) is 1.00. The maximum atomic E-state index is 7.17. The fourth-order valence-corrected chi connectivity index (χ4v) is 0.295. The van der Waals surface area contributed by atoms with Crippen LogP contribution in [0, 0.1) is 5.41 Å². The molecule has 0 aromatic carbocycles. The lowest BCUT2D eigenvalue weighted by atomic mass is 9.88. The van der Waals surface area contributed by atoms with Crippen LogP contribution >= 0.6 is 0 Å². The van der Waals surface area contributed by atoms with E-state index in [2.05, 4.69) is 0 Å². The van der Waals surface area contributed by atoms with Gasteiger partial charge in [-0.25, -0.2) is 0 Å². The summed E-state index contributed by atoms with van der Waals surface area (Å²) in [5.74, 6) is 0. The highest BCUT2D eigenvalue weighted by Crippen LogP contribution is 2.15. The third kappa shape index (κ3) is 2.28. The summed E-state index contributed by atoms with van der Waals surface area (Å²) in [7, 11) is 0. The summed E-state index contributed by atoms with van der Waals surface area (Å²) >= 11 is 0. The van der Waals surface area contributed by atoms with Gasteiger partial charge in [0.05, 0.1) is 0 Å². The van der Waals surface area contributed by atoms with Crippen molar-refractivity contribution in [1.82, 2.24) is 0 Å². The van der Waals surface area contributed by atoms with Gasteiger partial charge in [0.2, 0.25) is 0 Å². The second-order valence-electron chi connectivity index (χ2n) is 2.56. The average molecular weight is 119 g/mol. The first kappa shape index (κ1) is 3.85. The number of rotatable bonds is 1. The summed E-state index contributed by atoms with van der Waals surface area (Å²) in [5, 5.41) is 0. The summed E-state index contributed by atoms with van der Waals surface area (Å²) in [6, 6.07) is -0.477. The van der Waals surface area contributed by atoms with Gasteiger partial charge in [0.15, 0.2) is 0 Å². The molecular formula is C6H16N2. The van der Waals surface area contributed by atoms with E-state index >= 15 is 0 Å². The summed E-state index contributed by atoms with van der Waals surface area (Å²) in [6.07, 6.45) is 0. The smallest absolute Gasteiger partial charge is 0.0236 e. The Morgan fingerprint density at radius 2 is 2.25 bits per heavy atom. The zero-order chi connectivity index (χ0) is 9.28. The van der Waals surface area contributed by atoms with Crippen molar-refractivity contribution in [2.45, 2.75) is 26.7 Å². The van der Waals surface area contributed by atoms with Crippen molar-refractivity contribution in [3.63, 3.8) is 0 Å². The minimum absolute atomic E-state index is 0.200. The summed E-state index contributed by atoms with van der Waals surface area (Å²) < 4.78 is 21.5. The molecule has 2 nitrogen and oxygen atoms in total. The lowest BCUT2D eigenvalue weighted by Gasteiger charge is -2.25. The molecular weight excluding hydrogens is 100 g/mol. The van der Waals surface area contributed by atoms with Crippen molar-refractivity contribution in [1.29, 1.82) is 0 Å². The quantitative estimate of drug-likeness (QED) is 0.522. The number of hydrogen-bond donors (Lipinski definition) is 2. The topological polar surface area (TPSA) is 52.0 Å². The van der Waals surface area contributed by atoms with E-state index in [1.165, 1.54) is 0 Å². The lowest BCUT2D eigenvalue weighted by molar-refractivity contribution is 0.326. The Labute approximate surface area is 55.5 Å². The van der Waals surface area contributed by atoms with E-state index < -0.39 is 18.3 Å². The van der Waals surface area contributed by atoms with Crippen LogP contribution in [0.2, 0.25) is 0 Å². The van der Waals surface area contributed by atoms with E-state index in [1.807, 2.05) is 0 Å². The van der Waals surface area contributed by atoms with Gasteiger partial charge in [0, 0.05) is 16.7 Å². The van der Waals surface area contributed by atoms with Crippen LogP contribution in [0.25, 0.3) is 0 Å². The Balaban J connectivity index is 4.45. The van der Waals surface area contributed by atoms with Gasteiger partial charge in [-0.05, 0) is 5.41 Å². The monoisotopic (exact) mass is 119 g/mol. The standard InChI is InChI=1S/C6H16N2/c1-6(2,3)5(8)4-7/h5H,4,7-8H2,1-3H3/t5-/m1/s1/i1D3. The van der Waals surface area contributed by atoms with Gasteiger partial charge in [0.25, 0.3) is 0 Å². The highest BCUT2D eigenvalue weighted by molar-refractivity contribution is 4.76. The molecule has 0 saturated carbocycles. The van der Waals surface area contributed by atoms with Gasteiger partial charge < -0.3 is 11.5 Å². The van der Waals surface area contributed by atoms with Crippen LogP contribution in [0.4, 0.5) is 0 Å². The average Bonchev–Trinajstić information content (AvgIpc) is 1.83. The van der Waals surface area contributed by atoms with E-state index in [0.29, 0.717) is 0 Å². The zero-order valence-electron chi connectivity index (χ0n) is 8.44. The molecule has 4 N–H and O–H groups in total. The molecule has 8 heavy (non-hydrogen) atoms. The molecule has 0 rings (SSSR count). The molecule has 0 aliphatic heterocycles. The third-order valence-corrected chi connectivity index (χ3v) is 1.18. The molecule has 0 saturated heterocycles. The van der Waals surface area contributed by atoms with Crippen molar-refractivity contribution in [2.75, 3.05) is 6.54 Å². The van der Waals surface area contributed by atoms with E-state index in [4.69, 9.17) is 15.6 Å². The zero-order valence-corrected chi connectivity index (χ0v) is 5.44. The van der Waals surface area contributed by atoms with Crippen molar-refractivity contribution in [3.8, 4) is 0 Å². The fourth-order valence-electron chi connectivity index (χ4n) is 0.295. The SMILES string of the molecule is [2H]C([2H])([2H])C(C)(C)[C@H](N)CN. The first-order valence-corrected chi connectivity index (χ1v) is 2.69. The van der Waals surface area contributed by atoms with Gasteiger partial charge >= 0.3 is 0 Å². The predicted molar refractivity (Wildman–Crippen MR) is 36.5 cm³/mol. The summed E-state index contributed by atoms with van der Waals surface area (Å²) in [4.78, 5) is 0. The molecule has 0 bridgehead atoms. The molecule has 50 valence electrons. The highest BCUT2D eigenvalue weighted by atomic mass is 14.7. The minimum Gasteiger partial charge on any atom is -0.329 e. The molecule has 0 spiro atoms. The molecule has 1 atom stereocenters. The maximum Gasteiger partial charge on any atom is 0.0236 e. The molecule has 0 aliphatic carbocycles. The van der Waals surface area contributed by atoms with Crippen LogP contribution in [-0.4, -0.2) is 12.6 Å². The number of hydrogen-bond acceptors (Lipinski definition) is 2. The predicted octanol–water partition coefficient (Wildman–Crippen LogP) is 0.319. The van der Waals surface area contributed by atoms with Crippen LogP contribution < -0.4 is 11.5 Å². The molecule has 2 heteroatoms. The van der Waals surface area contributed by atoms with Crippen molar-refractivity contribution in [2.24, 2.45) is 16.9 Å². The Kier molecular flexibility index (Phi) is 1.19. The first-order chi connectivity index (χ1) is 4.73. The van der Waals surface area contributed by atoms with Gasteiger partial charge in [-0.15, -0.1) is 0 Å². The maximum absolute atomic E-state index is 7.17. The van der Waals surface area contributed by atoms with E-state index in [-0.39, 0.29) is 6.54 Å². The van der Waals surface area contributed by atoms with E-state index in [9.17, 15) is 0 Å². The van der Waals surface area contributed by atoms with Crippen molar-refractivity contribution < 1.29 is 4.11 Å². The Morgan fingerprint density at radius 1 is 1.75 bits per heavy atom. The molecule has 0 aliphatic rings. The highest BCUT2D eigenvalue weighted by Gasteiger charge is 2.17. The summed E-state index contributed by atoms with van der Waals surface area (Å²) in [6.45, 7) is 1.38. The van der Waals surface area contributed by atoms with Gasteiger partial charge in [-0.3, -0.25) is 0 Å². The Hall–Kier alpha value is -0.0800. The molecule has 0 heterocycles. The minimum atomic E-state index is -2.04. The second kappa shape index (κ2) is 2.46. The van der Waals surface area contributed by atoms with Crippen LogP contribution in [0.1, 0.15) is 24.8 Å². The molecule has 0 aromatic rings. The van der Waals surface area contributed by atoms with Crippen molar-refractivity contribution >= 4 is 0 Å². The number of nitrogens with two attached hydrogens (primary N) is 2. The Morgan fingerprint density at radius 3 is 2.38 bits per heavy atom. The van der Waals surface area contributed by atoms with Gasteiger partial charge in [0.1, 0.15) is 0 Å². The normalized spacial score (nSPS) is 23.2. The second-order valence-corrected chi connectivity index (χ2v) is 2.56. The van der Waals surface area contributed by atoms with E-state index in [1.54, 1.807) is 13.8 Å². The Bertz CT molecular complexity index is 130. The van der Waals surface area contributed by atoms with Crippen LogP contribution in [0.15, 0.2) is 0 Å². The van der Waals surface area contributed by atoms with Crippen LogP contribution in [0.5, 0.6) is 0 Å². The van der Waals surface area contributed by atoms with Crippen LogP contribution in [0.3, 0.4) is 0 Å². The lowest BCUT2D eigenvalue weighted by Crippen LogP contribution is -2.41. The first-order valence-electron chi connectivity index (χ1n) is 4.19. The van der Waals surface area contributed by atoms with Crippen molar-refractivity contribution in [3.05, 3.63) is 0 Å². The van der Waals surface area contributed by atoms with Gasteiger partial charge in [-0.1, -0.05) is 20.7 Å².